The predicted molar refractivity (Wildman–Crippen MR) is 79.9 cm³/mol. The molecule has 0 saturated heterocycles. The predicted octanol–water partition coefficient (Wildman–Crippen LogP) is 2.05. The number of rotatable bonds is 9. The van der Waals surface area contributed by atoms with Crippen LogP contribution in [0.15, 0.2) is 6.20 Å². The van der Waals surface area contributed by atoms with Crippen molar-refractivity contribution in [2.45, 2.75) is 52.9 Å². The van der Waals surface area contributed by atoms with E-state index in [9.17, 15) is 14.7 Å². The first-order chi connectivity index (χ1) is 9.95. The largest absolute Gasteiger partial charge is 0.481 e. The van der Waals surface area contributed by atoms with E-state index in [0.29, 0.717) is 19.4 Å². The summed E-state index contributed by atoms with van der Waals surface area (Å²) in [6, 6.07) is 0. The zero-order valence-electron chi connectivity index (χ0n) is 13.0. The number of H-pyrrole nitrogens is 1. The monoisotopic (exact) mass is 295 g/mol. The number of hydrogen-bond donors (Lipinski definition) is 3. The van der Waals surface area contributed by atoms with Crippen LogP contribution in [0, 0.1) is 12.3 Å². The van der Waals surface area contributed by atoms with Crippen LogP contribution >= 0.6 is 0 Å². The first-order valence-electron chi connectivity index (χ1n) is 7.44. The van der Waals surface area contributed by atoms with Crippen molar-refractivity contribution in [2.75, 3.05) is 6.54 Å². The van der Waals surface area contributed by atoms with Crippen LogP contribution in [0.25, 0.3) is 0 Å². The summed E-state index contributed by atoms with van der Waals surface area (Å²) in [6.45, 7) is 6.14. The van der Waals surface area contributed by atoms with Crippen molar-refractivity contribution in [2.24, 2.45) is 5.41 Å². The maximum absolute atomic E-state index is 11.9. The number of amides is 1. The summed E-state index contributed by atoms with van der Waals surface area (Å²) < 4.78 is 0. The number of carboxylic acid groups (broad SMARTS) is 1. The molecule has 0 bridgehead atoms. The van der Waals surface area contributed by atoms with Crippen molar-refractivity contribution in [3.05, 3.63) is 17.5 Å². The Bertz CT molecular complexity index is 478. The number of nitrogens with one attached hydrogen (secondary N) is 2. The summed E-state index contributed by atoms with van der Waals surface area (Å²) in [5.41, 5.74) is 1.25. The zero-order valence-corrected chi connectivity index (χ0v) is 13.0. The Morgan fingerprint density at radius 2 is 2.05 bits per heavy atom. The average molecular weight is 295 g/mol. The van der Waals surface area contributed by atoms with Crippen LogP contribution < -0.4 is 5.32 Å². The number of carboxylic acids is 1. The van der Waals surface area contributed by atoms with E-state index in [4.69, 9.17) is 0 Å². The summed E-state index contributed by atoms with van der Waals surface area (Å²) in [7, 11) is 0. The number of nitrogens with zero attached hydrogens (tertiary/aromatic N) is 1. The summed E-state index contributed by atoms with van der Waals surface area (Å²) >= 11 is 0. The van der Waals surface area contributed by atoms with E-state index in [2.05, 4.69) is 15.5 Å². The van der Waals surface area contributed by atoms with E-state index in [1.165, 1.54) is 0 Å². The third-order valence-electron chi connectivity index (χ3n) is 4.19. The number of aromatic nitrogens is 2. The molecule has 6 heteroatoms. The molecule has 0 radical (unpaired) electrons. The third-order valence-corrected chi connectivity index (χ3v) is 4.19. The van der Waals surface area contributed by atoms with Gasteiger partial charge < -0.3 is 10.4 Å². The van der Waals surface area contributed by atoms with Gasteiger partial charge in [-0.3, -0.25) is 14.7 Å². The van der Waals surface area contributed by atoms with Crippen LogP contribution in [0.3, 0.4) is 0 Å². The second kappa shape index (κ2) is 7.81. The zero-order chi connectivity index (χ0) is 15.9. The van der Waals surface area contributed by atoms with Crippen LogP contribution in [0.1, 0.15) is 50.8 Å². The lowest BCUT2D eigenvalue weighted by molar-refractivity contribution is -0.152. The van der Waals surface area contributed by atoms with E-state index in [-0.39, 0.29) is 12.3 Å². The second-order valence-electron chi connectivity index (χ2n) is 5.44. The van der Waals surface area contributed by atoms with Gasteiger partial charge >= 0.3 is 5.97 Å². The number of carbonyl (C=O) groups excluding carboxylic acids is 1. The van der Waals surface area contributed by atoms with E-state index in [0.717, 1.165) is 24.1 Å². The minimum atomic E-state index is -0.939. The van der Waals surface area contributed by atoms with Gasteiger partial charge in [-0.15, -0.1) is 0 Å². The maximum Gasteiger partial charge on any atom is 0.310 e. The van der Waals surface area contributed by atoms with Crippen LogP contribution in [0.5, 0.6) is 0 Å². The van der Waals surface area contributed by atoms with Crippen molar-refractivity contribution in [1.29, 1.82) is 0 Å². The molecule has 0 unspecified atom stereocenters. The number of carbonyl (C=O) groups is 2. The summed E-state index contributed by atoms with van der Waals surface area (Å²) in [5.74, 6) is -1.08. The highest BCUT2D eigenvalue weighted by Gasteiger charge is 2.36. The Labute approximate surface area is 125 Å². The molecule has 1 aromatic heterocycles. The van der Waals surface area contributed by atoms with E-state index < -0.39 is 11.4 Å². The molecule has 1 rings (SSSR count). The Balaban J connectivity index is 2.37. The van der Waals surface area contributed by atoms with Crippen molar-refractivity contribution < 1.29 is 14.7 Å². The Kier molecular flexibility index (Phi) is 6.39. The number of aromatic amines is 1. The summed E-state index contributed by atoms with van der Waals surface area (Å²) in [5, 5.41) is 18.9. The molecule has 0 atom stereocenters. The fourth-order valence-electron chi connectivity index (χ4n) is 2.38. The van der Waals surface area contributed by atoms with Gasteiger partial charge in [-0.1, -0.05) is 13.8 Å². The minimum absolute atomic E-state index is 0.0417. The molecular weight excluding hydrogens is 270 g/mol. The van der Waals surface area contributed by atoms with Crippen LogP contribution in [0.2, 0.25) is 0 Å². The fourth-order valence-corrected chi connectivity index (χ4v) is 2.38. The normalized spacial score (nSPS) is 11.4. The maximum atomic E-state index is 11.9. The molecule has 0 saturated carbocycles. The molecule has 1 aromatic rings. The van der Waals surface area contributed by atoms with Gasteiger partial charge in [0.1, 0.15) is 0 Å². The van der Waals surface area contributed by atoms with E-state index in [1.807, 2.05) is 20.8 Å². The van der Waals surface area contributed by atoms with Gasteiger partial charge in [-0.2, -0.15) is 5.10 Å². The molecule has 0 aromatic carbocycles. The first-order valence-corrected chi connectivity index (χ1v) is 7.44. The molecule has 1 amide bonds. The molecular formula is C15H25N3O3. The average Bonchev–Trinajstić information content (AvgIpc) is 2.86. The van der Waals surface area contributed by atoms with Crippen molar-refractivity contribution in [3.63, 3.8) is 0 Å². The van der Waals surface area contributed by atoms with E-state index in [1.54, 1.807) is 6.20 Å². The Hall–Kier alpha value is -1.85. The van der Waals surface area contributed by atoms with Gasteiger partial charge in [-0.05, 0) is 38.2 Å². The SMILES string of the molecule is CCC(CC)(CC(=O)NCCCc1cn[nH]c1C)C(=O)O. The molecule has 6 nitrogen and oxygen atoms in total. The molecule has 0 aliphatic rings. The van der Waals surface area contributed by atoms with Crippen LogP contribution in [0.4, 0.5) is 0 Å². The van der Waals surface area contributed by atoms with E-state index >= 15 is 0 Å². The fraction of sp³-hybridized carbons (Fsp3) is 0.667. The summed E-state index contributed by atoms with van der Waals surface area (Å²) in [6.07, 6.45) is 4.40. The second-order valence-corrected chi connectivity index (χ2v) is 5.44. The lowest BCUT2D eigenvalue weighted by Crippen LogP contribution is -2.37. The van der Waals surface area contributed by atoms with Gasteiger partial charge in [0.05, 0.1) is 11.6 Å². The van der Waals surface area contributed by atoms with Gasteiger partial charge in [0.15, 0.2) is 0 Å². The molecule has 0 aliphatic heterocycles. The minimum Gasteiger partial charge on any atom is -0.481 e. The number of hydrogen-bond acceptors (Lipinski definition) is 3. The Morgan fingerprint density at radius 3 is 2.52 bits per heavy atom. The lowest BCUT2D eigenvalue weighted by atomic mass is 9.79. The van der Waals surface area contributed by atoms with Crippen molar-refractivity contribution in [1.82, 2.24) is 15.5 Å². The van der Waals surface area contributed by atoms with Gasteiger partial charge in [0, 0.05) is 18.7 Å². The first kappa shape index (κ1) is 17.2. The molecule has 3 N–H and O–H groups in total. The quantitative estimate of drug-likeness (QED) is 0.608. The highest BCUT2D eigenvalue weighted by atomic mass is 16.4. The van der Waals surface area contributed by atoms with Crippen LogP contribution in [-0.2, 0) is 16.0 Å². The highest BCUT2D eigenvalue weighted by Crippen LogP contribution is 2.30. The van der Waals surface area contributed by atoms with Crippen LogP contribution in [-0.4, -0.2) is 33.7 Å². The van der Waals surface area contributed by atoms with Gasteiger partial charge in [0.2, 0.25) is 5.91 Å². The number of aliphatic carboxylic acids is 1. The third kappa shape index (κ3) is 4.58. The van der Waals surface area contributed by atoms with Gasteiger partial charge in [0.25, 0.3) is 0 Å². The smallest absolute Gasteiger partial charge is 0.310 e. The highest BCUT2D eigenvalue weighted by molar-refractivity contribution is 5.84. The topological polar surface area (TPSA) is 95.1 Å². The number of aryl methyl sites for hydroxylation is 2. The molecule has 118 valence electrons. The van der Waals surface area contributed by atoms with Crippen molar-refractivity contribution >= 4 is 11.9 Å². The van der Waals surface area contributed by atoms with Gasteiger partial charge in [-0.25, -0.2) is 0 Å². The Morgan fingerprint density at radius 1 is 1.38 bits per heavy atom. The molecule has 21 heavy (non-hydrogen) atoms. The molecule has 1 heterocycles. The standard InChI is InChI=1S/C15H25N3O3/c1-4-15(5-2,14(20)21)9-13(19)16-8-6-7-12-10-17-18-11(12)3/h10H,4-9H2,1-3H3,(H,16,19)(H,17,18)(H,20,21). The molecule has 0 aliphatic carbocycles. The summed E-state index contributed by atoms with van der Waals surface area (Å²) in [4.78, 5) is 23.3. The lowest BCUT2D eigenvalue weighted by Gasteiger charge is -2.25. The molecule has 0 spiro atoms. The molecule has 0 fully saturated rings. The van der Waals surface area contributed by atoms with Crippen molar-refractivity contribution in [3.8, 4) is 0 Å².